The van der Waals surface area contributed by atoms with E-state index >= 15 is 0 Å². The van der Waals surface area contributed by atoms with Crippen molar-refractivity contribution in [3.05, 3.63) is 29.8 Å². The van der Waals surface area contributed by atoms with Crippen LogP contribution in [0.4, 0.5) is 0 Å². The van der Waals surface area contributed by atoms with Gasteiger partial charge in [-0.2, -0.15) is 12.6 Å². The molecule has 0 atom stereocenters. The van der Waals surface area contributed by atoms with Crippen LogP contribution in [0.2, 0.25) is 0 Å². The van der Waals surface area contributed by atoms with Crippen LogP contribution in [0.3, 0.4) is 0 Å². The molecular weight excluding hydrogens is 236 g/mol. The Bertz CT molecular complexity index is 365. The first kappa shape index (κ1) is 13.9. The van der Waals surface area contributed by atoms with Gasteiger partial charge in [0.05, 0.1) is 0 Å². The van der Waals surface area contributed by atoms with E-state index in [-0.39, 0.29) is 12.6 Å². The average molecular weight is 254 g/mol. The van der Waals surface area contributed by atoms with Crippen LogP contribution in [-0.2, 0) is 9.53 Å². The minimum Gasteiger partial charge on any atom is -0.490 e. The predicted molar refractivity (Wildman–Crippen MR) is 70.7 cm³/mol. The van der Waals surface area contributed by atoms with E-state index in [1.807, 2.05) is 31.2 Å². The van der Waals surface area contributed by atoms with E-state index in [4.69, 9.17) is 9.47 Å². The Morgan fingerprint density at radius 1 is 1.24 bits per heavy atom. The Morgan fingerprint density at radius 2 is 1.82 bits per heavy atom. The number of rotatable bonds is 5. The summed E-state index contributed by atoms with van der Waals surface area (Å²) in [5.41, 5.74) is 1.18. The van der Waals surface area contributed by atoms with E-state index < -0.39 is 4.75 Å². The molecule has 0 aromatic heterocycles. The van der Waals surface area contributed by atoms with Crippen molar-refractivity contribution >= 4 is 18.6 Å². The van der Waals surface area contributed by atoms with Crippen molar-refractivity contribution in [2.75, 3.05) is 13.2 Å². The van der Waals surface area contributed by atoms with Crippen LogP contribution in [0.1, 0.15) is 19.4 Å². The summed E-state index contributed by atoms with van der Waals surface area (Å²) >= 11 is 4.12. The van der Waals surface area contributed by atoms with Gasteiger partial charge in [0.15, 0.2) is 0 Å². The lowest BCUT2D eigenvalue weighted by Crippen LogP contribution is -2.28. The molecule has 0 N–H and O–H groups in total. The lowest BCUT2D eigenvalue weighted by atomic mass is 10.2. The number of carbonyl (C=O) groups is 1. The normalized spacial score (nSPS) is 11.1. The lowest BCUT2D eigenvalue weighted by Gasteiger charge is -2.15. The molecule has 3 nitrogen and oxygen atoms in total. The third-order valence-corrected chi connectivity index (χ3v) is 2.29. The number of thiol groups is 1. The Morgan fingerprint density at radius 3 is 2.35 bits per heavy atom. The van der Waals surface area contributed by atoms with Gasteiger partial charge in [0.2, 0.25) is 0 Å². The average Bonchev–Trinajstić information content (AvgIpc) is 2.25. The highest BCUT2D eigenvalue weighted by Crippen LogP contribution is 2.14. The minimum atomic E-state index is -0.760. The summed E-state index contributed by atoms with van der Waals surface area (Å²) in [6.45, 7) is 5.98. The topological polar surface area (TPSA) is 35.5 Å². The van der Waals surface area contributed by atoms with Crippen LogP contribution >= 0.6 is 12.6 Å². The lowest BCUT2D eigenvalue weighted by molar-refractivity contribution is -0.146. The number of aryl methyl sites for hydroxylation is 1. The summed E-state index contributed by atoms with van der Waals surface area (Å²) in [5.74, 6) is 0.435. The molecule has 0 saturated carbocycles. The van der Waals surface area contributed by atoms with E-state index in [0.29, 0.717) is 6.61 Å². The maximum absolute atomic E-state index is 11.4. The smallest absolute Gasteiger partial charge is 0.321 e. The Kier molecular flexibility index (Phi) is 4.87. The molecule has 0 saturated heterocycles. The van der Waals surface area contributed by atoms with Crippen LogP contribution in [0.5, 0.6) is 5.75 Å². The SMILES string of the molecule is Cc1ccc(OCCOC(=O)C(C)(C)S)cc1. The molecule has 4 heteroatoms. The molecule has 0 fully saturated rings. The molecule has 0 aliphatic heterocycles. The van der Waals surface area contributed by atoms with Crippen molar-refractivity contribution in [2.24, 2.45) is 0 Å². The third kappa shape index (κ3) is 5.13. The summed E-state index contributed by atoms with van der Waals surface area (Å²) in [6, 6.07) is 7.72. The highest BCUT2D eigenvalue weighted by molar-refractivity contribution is 7.82. The van der Waals surface area contributed by atoms with Gasteiger partial charge in [-0.1, -0.05) is 17.7 Å². The van der Waals surface area contributed by atoms with E-state index in [1.54, 1.807) is 13.8 Å². The van der Waals surface area contributed by atoms with Gasteiger partial charge in [-0.3, -0.25) is 4.79 Å². The van der Waals surface area contributed by atoms with Gasteiger partial charge in [-0.15, -0.1) is 0 Å². The van der Waals surface area contributed by atoms with Crippen molar-refractivity contribution < 1.29 is 14.3 Å². The Balaban J connectivity index is 2.25. The molecule has 0 aliphatic rings. The molecule has 0 amide bonds. The van der Waals surface area contributed by atoms with E-state index in [2.05, 4.69) is 12.6 Å². The summed E-state index contributed by atoms with van der Waals surface area (Å²) < 4.78 is 9.67. The molecule has 0 bridgehead atoms. The molecule has 0 aliphatic carbocycles. The molecule has 0 heterocycles. The fourth-order valence-corrected chi connectivity index (χ4v) is 1.17. The predicted octanol–water partition coefficient (Wildman–Crippen LogP) is 2.63. The first-order valence-corrected chi connectivity index (χ1v) is 5.93. The molecule has 17 heavy (non-hydrogen) atoms. The first-order chi connectivity index (χ1) is 7.89. The third-order valence-electron chi connectivity index (χ3n) is 2.11. The van der Waals surface area contributed by atoms with Crippen LogP contribution in [0.15, 0.2) is 24.3 Å². The quantitative estimate of drug-likeness (QED) is 0.498. The number of hydrogen-bond donors (Lipinski definition) is 1. The van der Waals surface area contributed by atoms with Gasteiger partial charge in [-0.05, 0) is 32.9 Å². The maximum Gasteiger partial charge on any atom is 0.321 e. The van der Waals surface area contributed by atoms with Gasteiger partial charge >= 0.3 is 5.97 Å². The van der Waals surface area contributed by atoms with Crippen molar-refractivity contribution in [1.82, 2.24) is 0 Å². The monoisotopic (exact) mass is 254 g/mol. The Hall–Kier alpha value is -1.16. The number of hydrogen-bond acceptors (Lipinski definition) is 4. The van der Waals surface area contributed by atoms with Crippen molar-refractivity contribution in [3.63, 3.8) is 0 Å². The fraction of sp³-hybridized carbons (Fsp3) is 0.462. The second-order valence-electron chi connectivity index (χ2n) is 4.36. The van der Waals surface area contributed by atoms with Gasteiger partial charge in [0, 0.05) is 0 Å². The summed E-state index contributed by atoms with van der Waals surface area (Å²) in [5, 5.41) is 0. The zero-order valence-electron chi connectivity index (χ0n) is 10.4. The number of benzene rings is 1. The van der Waals surface area contributed by atoms with Crippen molar-refractivity contribution in [3.8, 4) is 5.75 Å². The molecule has 0 spiro atoms. The largest absolute Gasteiger partial charge is 0.490 e. The van der Waals surface area contributed by atoms with Gasteiger partial charge in [0.25, 0.3) is 0 Å². The van der Waals surface area contributed by atoms with Crippen molar-refractivity contribution in [2.45, 2.75) is 25.5 Å². The van der Waals surface area contributed by atoms with Crippen LogP contribution in [0.25, 0.3) is 0 Å². The summed E-state index contributed by atoms with van der Waals surface area (Å²) in [7, 11) is 0. The molecular formula is C13H18O3S. The summed E-state index contributed by atoms with van der Waals surface area (Å²) in [6.07, 6.45) is 0. The highest BCUT2D eigenvalue weighted by Gasteiger charge is 2.23. The standard InChI is InChI=1S/C13H18O3S/c1-10-4-6-11(7-5-10)15-8-9-16-12(14)13(2,3)17/h4-7,17H,8-9H2,1-3H3. The van der Waals surface area contributed by atoms with Crippen molar-refractivity contribution in [1.29, 1.82) is 0 Å². The highest BCUT2D eigenvalue weighted by atomic mass is 32.1. The molecule has 1 aromatic carbocycles. The second-order valence-corrected chi connectivity index (χ2v) is 5.47. The maximum atomic E-state index is 11.4. The fourth-order valence-electron chi connectivity index (χ4n) is 1.10. The number of esters is 1. The van der Waals surface area contributed by atoms with Gasteiger partial charge in [-0.25, -0.2) is 0 Å². The van der Waals surface area contributed by atoms with Crippen LogP contribution in [-0.4, -0.2) is 23.9 Å². The van der Waals surface area contributed by atoms with Gasteiger partial charge < -0.3 is 9.47 Å². The number of ether oxygens (including phenoxy) is 2. The van der Waals surface area contributed by atoms with E-state index in [0.717, 1.165) is 5.75 Å². The molecule has 94 valence electrons. The molecule has 0 unspecified atom stereocenters. The zero-order valence-corrected chi connectivity index (χ0v) is 11.3. The van der Waals surface area contributed by atoms with E-state index in [1.165, 1.54) is 5.56 Å². The van der Waals surface area contributed by atoms with E-state index in [9.17, 15) is 4.79 Å². The van der Waals surface area contributed by atoms with Crippen LogP contribution < -0.4 is 4.74 Å². The zero-order chi connectivity index (χ0) is 12.9. The van der Waals surface area contributed by atoms with Gasteiger partial charge in [0.1, 0.15) is 23.7 Å². The Labute approximate surface area is 108 Å². The summed E-state index contributed by atoms with van der Waals surface area (Å²) in [4.78, 5) is 11.4. The number of carbonyl (C=O) groups excluding carboxylic acids is 1. The molecule has 1 rings (SSSR count). The molecule has 1 aromatic rings. The molecule has 0 radical (unpaired) electrons. The minimum absolute atomic E-state index is 0.233. The first-order valence-electron chi connectivity index (χ1n) is 5.48. The van der Waals surface area contributed by atoms with Crippen LogP contribution in [0, 0.1) is 6.92 Å². The second kappa shape index (κ2) is 5.96.